The maximum Gasteiger partial charge on any atom is 0.472 e. The van der Waals surface area contributed by atoms with Crippen molar-refractivity contribution in [2.75, 3.05) is 33.0 Å². The van der Waals surface area contributed by atoms with Crippen molar-refractivity contribution in [2.24, 2.45) is 5.73 Å². The molecule has 0 rings (SSSR count). The van der Waals surface area contributed by atoms with Crippen molar-refractivity contribution in [2.45, 2.75) is 200 Å². The van der Waals surface area contributed by atoms with Gasteiger partial charge in [0.1, 0.15) is 6.10 Å². The molecule has 0 saturated carbocycles. The topological polar surface area (TPSA) is 117 Å². The van der Waals surface area contributed by atoms with Crippen LogP contribution in [0.3, 0.4) is 0 Å². The molecule has 0 aliphatic rings. The normalized spacial score (nSPS) is 14.0. The number of hydrogen-bond acceptors (Lipinski definition) is 7. The summed E-state index contributed by atoms with van der Waals surface area (Å²) < 4.78 is 33.5. The third-order valence-electron chi connectivity index (χ3n) is 9.42. The SMILES string of the molecule is CC/C=C\C/C=C\C/C=C\C/C=C\CCCCCCC(=O)OC(COCCCCCCCCCCCC/C=C\CCCCCCCC)COP(=O)(O)OCCN. The van der Waals surface area contributed by atoms with Crippen LogP contribution in [0.1, 0.15) is 194 Å². The highest BCUT2D eigenvalue weighted by Gasteiger charge is 2.25. The summed E-state index contributed by atoms with van der Waals surface area (Å²) in [5, 5.41) is 0. The number of allylic oxidation sites excluding steroid dienone is 10. The van der Waals surface area contributed by atoms with Gasteiger partial charge in [-0.1, -0.05) is 171 Å². The van der Waals surface area contributed by atoms with E-state index in [4.69, 9.17) is 24.3 Å². The number of esters is 1. The van der Waals surface area contributed by atoms with E-state index in [-0.39, 0.29) is 38.8 Å². The molecule has 2 unspecified atom stereocenters. The lowest BCUT2D eigenvalue weighted by atomic mass is 10.1. The minimum absolute atomic E-state index is 0.0936. The lowest BCUT2D eigenvalue weighted by Gasteiger charge is -2.20. The number of hydrogen-bond donors (Lipinski definition) is 2. The summed E-state index contributed by atoms with van der Waals surface area (Å²) in [5.74, 6) is -0.354. The third-order valence-corrected chi connectivity index (χ3v) is 10.4. The molecule has 0 fully saturated rings. The number of phosphoric acid groups is 1. The minimum atomic E-state index is -4.29. The molecule has 9 heteroatoms. The van der Waals surface area contributed by atoms with Crippen LogP contribution >= 0.6 is 7.82 Å². The van der Waals surface area contributed by atoms with Gasteiger partial charge >= 0.3 is 13.8 Å². The van der Waals surface area contributed by atoms with E-state index in [9.17, 15) is 14.3 Å². The summed E-state index contributed by atoms with van der Waals surface area (Å²) in [6, 6.07) is 0. The third kappa shape index (κ3) is 43.3. The van der Waals surface area contributed by atoms with Crippen molar-refractivity contribution in [3.8, 4) is 0 Å². The van der Waals surface area contributed by atoms with Crippen molar-refractivity contribution >= 4 is 13.8 Å². The summed E-state index contributed by atoms with van der Waals surface area (Å²) in [4.78, 5) is 22.5. The van der Waals surface area contributed by atoms with Crippen LogP contribution in [0.4, 0.5) is 0 Å². The zero-order valence-electron chi connectivity index (χ0n) is 36.1. The first-order valence-electron chi connectivity index (χ1n) is 22.8. The summed E-state index contributed by atoms with van der Waals surface area (Å²) in [7, 11) is -4.29. The van der Waals surface area contributed by atoms with Gasteiger partial charge in [0.2, 0.25) is 0 Å². The first kappa shape index (κ1) is 54.2. The molecule has 0 heterocycles. The van der Waals surface area contributed by atoms with Crippen LogP contribution in [-0.4, -0.2) is 49.9 Å². The van der Waals surface area contributed by atoms with Gasteiger partial charge in [-0.2, -0.15) is 0 Å². The van der Waals surface area contributed by atoms with Gasteiger partial charge in [0.15, 0.2) is 0 Å². The van der Waals surface area contributed by atoms with Gasteiger partial charge in [-0.05, 0) is 77.0 Å². The maximum atomic E-state index is 12.6. The number of carbonyl (C=O) groups excluding carboxylic acids is 1. The Morgan fingerprint density at radius 2 is 1.00 bits per heavy atom. The molecule has 8 nitrogen and oxygen atoms in total. The van der Waals surface area contributed by atoms with E-state index < -0.39 is 13.9 Å². The van der Waals surface area contributed by atoms with Gasteiger partial charge in [-0.25, -0.2) is 4.57 Å². The van der Waals surface area contributed by atoms with Crippen molar-refractivity contribution < 1.29 is 32.8 Å². The molecule has 0 aromatic heterocycles. The fraction of sp³-hybridized carbons (Fsp3) is 0.766. The predicted molar refractivity (Wildman–Crippen MR) is 238 cm³/mol. The van der Waals surface area contributed by atoms with E-state index in [1.54, 1.807) is 0 Å². The van der Waals surface area contributed by atoms with Gasteiger partial charge in [0.25, 0.3) is 0 Å². The molecule has 326 valence electrons. The van der Waals surface area contributed by atoms with E-state index in [0.717, 1.165) is 70.6 Å². The molecule has 0 bridgehead atoms. The monoisotopic (exact) mass is 808 g/mol. The number of ether oxygens (including phenoxy) is 2. The van der Waals surface area contributed by atoms with Crippen molar-refractivity contribution in [1.29, 1.82) is 0 Å². The first-order chi connectivity index (χ1) is 27.4. The molecule has 0 radical (unpaired) electrons. The highest BCUT2D eigenvalue weighted by molar-refractivity contribution is 7.47. The zero-order valence-corrected chi connectivity index (χ0v) is 37.0. The number of nitrogens with two attached hydrogens (primary N) is 1. The molecule has 2 atom stereocenters. The van der Waals surface area contributed by atoms with Gasteiger partial charge in [-0.3, -0.25) is 13.8 Å². The smallest absolute Gasteiger partial charge is 0.457 e. The van der Waals surface area contributed by atoms with Crippen LogP contribution in [-0.2, 0) is 27.9 Å². The summed E-state index contributed by atoms with van der Waals surface area (Å²) in [5.41, 5.74) is 5.37. The molecule has 0 spiro atoms. The van der Waals surface area contributed by atoms with E-state index in [1.165, 1.54) is 103 Å². The Balaban J connectivity index is 4.04. The van der Waals surface area contributed by atoms with Crippen LogP contribution < -0.4 is 5.73 Å². The van der Waals surface area contributed by atoms with E-state index >= 15 is 0 Å². The average Bonchev–Trinajstić information content (AvgIpc) is 3.19. The maximum absolute atomic E-state index is 12.6. The number of unbranched alkanes of at least 4 members (excludes halogenated alkanes) is 20. The highest BCUT2D eigenvalue weighted by Crippen LogP contribution is 2.43. The van der Waals surface area contributed by atoms with Crippen molar-refractivity contribution in [3.05, 3.63) is 60.8 Å². The van der Waals surface area contributed by atoms with Crippen LogP contribution in [0.15, 0.2) is 60.8 Å². The van der Waals surface area contributed by atoms with Gasteiger partial charge < -0.3 is 20.1 Å². The molecule has 0 amide bonds. The lowest BCUT2D eigenvalue weighted by molar-refractivity contribution is -0.154. The van der Waals surface area contributed by atoms with Crippen LogP contribution in [0, 0.1) is 0 Å². The Labute approximate surface area is 344 Å². The Hall–Kier alpha value is -1.80. The largest absolute Gasteiger partial charge is 0.472 e. The quantitative estimate of drug-likeness (QED) is 0.0271. The summed E-state index contributed by atoms with van der Waals surface area (Å²) >= 11 is 0. The van der Waals surface area contributed by atoms with Crippen LogP contribution in [0.2, 0.25) is 0 Å². The first-order valence-corrected chi connectivity index (χ1v) is 24.3. The number of carbonyl (C=O) groups is 1. The van der Waals surface area contributed by atoms with Crippen LogP contribution in [0.5, 0.6) is 0 Å². The van der Waals surface area contributed by atoms with E-state index in [1.807, 2.05) is 0 Å². The minimum Gasteiger partial charge on any atom is -0.457 e. The number of rotatable bonds is 43. The molecular formula is C47H86NO7P. The Morgan fingerprint density at radius 1 is 0.554 bits per heavy atom. The summed E-state index contributed by atoms with van der Waals surface area (Å²) in [6.45, 7) is 4.77. The fourth-order valence-corrected chi connectivity index (χ4v) is 6.87. The van der Waals surface area contributed by atoms with Gasteiger partial charge in [0, 0.05) is 19.6 Å². The predicted octanol–water partition coefficient (Wildman–Crippen LogP) is 13.8. The lowest BCUT2D eigenvalue weighted by Crippen LogP contribution is -2.28. The Bertz CT molecular complexity index is 1040. The van der Waals surface area contributed by atoms with Gasteiger partial charge in [-0.15, -0.1) is 0 Å². The highest BCUT2D eigenvalue weighted by atomic mass is 31.2. The molecule has 0 aliphatic heterocycles. The van der Waals surface area contributed by atoms with Crippen molar-refractivity contribution in [1.82, 2.24) is 0 Å². The second-order valence-corrected chi connectivity index (χ2v) is 16.3. The molecule has 0 saturated heterocycles. The second-order valence-electron chi connectivity index (χ2n) is 14.9. The fourth-order valence-electron chi connectivity index (χ4n) is 6.10. The Morgan fingerprint density at radius 3 is 1.52 bits per heavy atom. The average molecular weight is 808 g/mol. The van der Waals surface area contributed by atoms with Crippen molar-refractivity contribution in [3.63, 3.8) is 0 Å². The summed E-state index contributed by atoms with van der Waals surface area (Å²) in [6.07, 6.45) is 53.8. The van der Waals surface area contributed by atoms with Crippen LogP contribution in [0.25, 0.3) is 0 Å². The molecular weight excluding hydrogens is 721 g/mol. The zero-order chi connectivity index (χ0) is 40.9. The molecule has 0 aliphatic carbocycles. The van der Waals surface area contributed by atoms with E-state index in [2.05, 4.69) is 74.6 Å². The molecule has 56 heavy (non-hydrogen) atoms. The number of phosphoric ester groups is 1. The second kappa shape index (κ2) is 44.3. The standard InChI is InChI=1S/C47H86NO7P/c1-3-5-7-9-11-13-15-17-19-21-22-23-25-27-29-31-33-35-37-39-42-52-44-46(45-54-56(50,51)53-43-41-48)55-47(49)40-38-36-34-32-30-28-26-24-20-18-16-14-12-10-8-6-4-2/h6,8,12,14,17-20,26,28,46H,3-5,7,9-11,13,15-16,21-25,27,29-45,48H2,1-2H3,(H,50,51)/b8-6-,14-12-,19-17-,20-18-,28-26-. The Kier molecular flexibility index (Phi) is 42.9. The van der Waals surface area contributed by atoms with E-state index in [0.29, 0.717) is 6.61 Å². The molecule has 0 aromatic rings. The molecule has 0 aromatic carbocycles. The molecule has 3 N–H and O–H groups in total. The van der Waals surface area contributed by atoms with Gasteiger partial charge in [0.05, 0.1) is 19.8 Å².